The topological polar surface area (TPSA) is 74.6 Å². The van der Waals surface area contributed by atoms with Crippen molar-refractivity contribution in [3.8, 4) is 0 Å². The van der Waals surface area contributed by atoms with Crippen LogP contribution in [0.4, 0.5) is 0 Å². The Bertz CT molecular complexity index is 949. The van der Waals surface area contributed by atoms with Gasteiger partial charge in [-0.2, -0.15) is 0 Å². The number of allylic oxidation sites excluding steroid dienone is 2. The predicted octanol–water partition coefficient (Wildman–Crippen LogP) is 6.41. The minimum Gasteiger partial charge on any atom is -0.481 e. The fourth-order valence-electron chi connectivity index (χ4n) is 10.4. The quantitative estimate of drug-likeness (QED) is 0.457. The molecular formula is C30H46O4. The van der Waals surface area contributed by atoms with Gasteiger partial charge in [0.15, 0.2) is 0 Å². The molecule has 4 saturated carbocycles. The summed E-state index contributed by atoms with van der Waals surface area (Å²) in [6, 6.07) is 0. The molecule has 0 aliphatic heterocycles. The zero-order valence-electron chi connectivity index (χ0n) is 22.3. The van der Waals surface area contributed by atoms with Crippen LogP contribution in [0.5, 0.6) is 0 Å². The molecule has 0 heterocycles. The van der Waals surface area contributed by atoms with Crippen molar-refractivity contribution in [2.45, 2.75) is 106 Å². The molecule has 5 aliphatic carbocycles. The van der Waals surface area contributed by atoms with Gasteiger partial charge in [-0.1, -0.05) is 53.2 Å². The van der Waals surface area contributed by atoms with Crippen LogP contribution in [0, 0.1) is 50.2 Å². The highest BCUT2D eigenvalue weighted by atomic mass is 16.4. The maximum Gasteiger partial charge on any atom is 0.310 e. The summed E-state index contributed by atoms with van der Waals surface area (Å²) in [5, 5.41) is 20.8. The first kappa shape index (κ1) is 24.5. The number of rotatable bonds is 2. The second kappa shape index (κ2) is 7.20. The van der Waals surface area contributed by atoms with E-state index < -0.39 is 16.8 Å². The van der Waals surface area contributed by atoms with E-state index in [1.807, 2.05) is 6.92 Å². The van der Waals surface area contributed by atoms with E-state index >= 15 is 0 Å². The van der Waals surface area contributed by atoms with Crippen LogP contribution in [0.25, 0.3) is 0 Å². The molecule has 0 spiro atoms. The Morgan fingerprint density at radius 2 is 1.65 bits per heavy atom. The third kappa shape index (κ3) is 2.81. The number of aliphatic hydroxyl groups excluding tert-OH is 1. The Morgan fingerprint density at radius 3 is 2.29 bits per heavy atom. The smallest absolute Gasteiger partial charge is 0.310 e. The molecule has 4 heteroatoms. The van der Waals surface area contributed by atoms with Crippen molar-refractivity contribution in [2.24, 2.45) is 50.2 Å². The molecule has 0 aromatic rings. The molecule has 190 valence electrons. The zero-order chi connectivity index (χ0) is 24.9. The summed E-state index contributed by atoms with van der Waals surface area (Å²) in [5.41, 5.74) is 0.512. The van der Waals surface area contributed by atoms with Crippen LogP contribution in [0.3, 0.4) is 0 Å². The molecule has 5 aliphatic rings. The Hall–Kier alpha value is -1.16. The van der Waals surface area contributed by atoms with Crippen LogP contribution in [0.1, 0.15) is 106 Å². The van der Waals surface area contributed by atoms with Gasteiger partial charge in [-0.3, -0.25) is 9.59 Å². The summed E-state index contributed by atoms with van der Waals surface area (Å²) >= 11 is 0. The van der Waals surface area contributed by atoms with Crippen molar-refractivity contribution in [1.82, 2.24) is 0 Å². The highest BCUT2D eigenvalue weighted by molar-refractivity contribution is 5.86. The largest absolute Gasteiger partial charge is 0.481 e. The number of carbonyl (C=O) groups is 2. The summed E-state index contributed by atoms with van der Waals surface area (Å²) < 4.78 is 0. The molecule has 8 atom stereocenters. The molecule has 4 nitrogen and oxygen atoms in total. The first-order valence-corrected chi connectivity index (χ1v) is 13.8. The van der Waals surface area contributed by atoms with Gasteiger partial charge in [0.1, 0.15) is 5.78 Å². The SMILES string of the molecule is CC1(C)CC[C@]2(C(=O)O)CC[C@]3(C)C(=CCC4[C@@]5(C)CCC(=O)[C@@](C)(CO)C5CC[C@]43C)C2C1. The fourth-order valence-corrected chi connectivity index (χ4v) is 10.4. The number of aliphatic carboxylic acids is 1. The Balaban J connectivity index is 1.60. The number of carboxylic acid groups (broad SMARTS) is 1. The number of fused-ring (bicyclic) bond motifs is 7. The van der Waals surface area contributed by atoms with Gasteiger partial charge in [0, 0.05) is 6.42 Å². The van der Waals surface area contributed by atoms with Crippen molar-refractivity contribution in [2.75, 3.05) is 6.61 Å². The standard InChI is InChI=1S/C30H46O4/c1-25(2)13-15-30(24(33)34)16-14-28(5)19(20(30)17-25)7-8-22-26(3)11-10-23(32)27(4,18-31)21(26)9-12-29(22,28)6/h7,20-22,31H,8-18H2,1-6H3,(H,33,34)/t20?,21?,22?,26-,27-,28+,29+,30-/m0/s1. The van der Waals surface area contributed by atoms with E-state index in [1.54, 1.807) is 0 Å². The number of hydrogen-bond acceptors (Lipinski definition) is 3. The molecule has 34 heavy (non-hydrogen) atoms. The van der Waals surface area contributed by atoms with Gasteiger partial charge in [-0.05, 0) is 97.2 Å². The van der Waals surface area contributed by atoms with Crippen LogP contribution < -0.4 is 0 Å². The number of hydrogen-bond donors (Lipinski definition) is 2. The molecule has 0 radical (unpaired) electrons. The summed E-state index contributed by atoms with van der Waals surface area (Å²) in [6.45, 7) is 14.0. The van der Waals surface area contributed by atoms with Gasteiger partial charge < -0.3 is 10.2 Å². The average Bonchev–Trinajstić information content (AvgIpc) is 2.76. The molecule has 0 aromatic heterocycles. The first-order valence-electron chi connectivity index (χ1n) is 13.8. The predicted molar refractivity (Wildman–Crippen MR) is 133 cm³/mol. The average molecular weight is 471 g/mol. The lowest BCUT2D eigenvalue weighted by molar-refractivity contribution is -0.194. The van der Waals surface area contributed by atoms with E-state index in [2.05, 4.69) is 40.7 Å². The lowest BCUT2D eigenvalue weighted by Crippen LogP contribution is -2.65. The number of Topliss-reactive ketones (excluding diaryl/α,β-unsaturated/α-hetero) is 1. The Morgan fingerprint density at radius 1 is 0.971 bits per heavy atom. The molecular weight excluding hydrogens is 424 g/mol. The van der Waals surface area contributed by atoms with Gasteiger partial charge in [-0.25, -0.2) is 0 Å². The lowest BCUT2D eigenvalue weighted by atomic mass is 9.33. The number of carboxylic acids is 1. The van der Waals surface area contributed by atoms with E-state index in [0.717, 1.165) is 57.8 Å². The highest BCUT2D eigenvalue weighted by Gasteiger charge is 2.69. The van der Waals surface area contributed by atoms with Gasteiger partial charge in [0.25, 0.3) is 0 Å². The molecule has 2 N–H and O–H groups in total. The van der Waals surface area contributed by atoms with Gasteiger partial charge in [0.05, 0.1) is 17.4 Å². The van der Waals surface area contributed by atoms with Crippen LogP contribution in [-0.2, 0) is 9.59 Å². The number of carbonyl (C=O) groups excluding carboxylic acids is 1. The van der Waals surface area contributed by atoms with Crippen LogP contribution in [0.15, 0.2) is 11.6 Å². The highest BCUT2D eigenvalue weighted by Crippen LogP contribution is 2.75. The molecule has 5 rings (SSSR count). The summed E-state index contributed by atoms with van der Waals surface area (Å²) in [5.74, 6) is 0.473. The Labute approximate surface area is 206 Å². The molecule has 4 fully saturated rings. The molecule has 3 unspecified atom stereocenters. The van der Waals surface area contributed by atoms with Crippen molar-refractivity contribution in [1.29, 1.82) is 0 Å². The van der Waals surface area contributed by atoms with Gasteiger partial charge >= 0.3 is 5.97 Å². The van der Waals surface area contributed by atoms with Crippen molar-refractivity contribution < 1.29 is 19.8 Å². The van der Waals surface area contributed by atoms with E-state index in [1.165, 1.54) is 5.57 Å². The Kier molecular flexibility index (Phi) is 5.20. The lowest BCUT2D eigenvalue weighted by Gasteiger charge is -2.70. The first-order chi connectivity index (χ1) is 15.7. The zero-order valence-corrected chi connectivity index (χ0v) is 22.3. The van der Waals surface area contributed by atoms with Gasteiger partial charge in [-0.15, -0.1) is 0 Å². The minimum atomic E-state index is -0.627. The maximum absolute atomic E-state index is 13.0. The maximum atomic E-state index is 13.0. The summed E-state index contributed by atoms with van der Waals surface area (Å²) in [4.78, 5) is 25.7. The molecule has 0 saturated heterocycles. The third-order valence-corrected chi connectivity index (χ3v) is 13.0. The molecule has 0 bridgehead atoms. The molecule has 0 aromatic carbocycles. The van der Waals surface area contributed by atoms with E-state index in [4.69, 9.17) is 0 Å². The van der Waals surface area contributed by atoms with E-state index in [0.29, 0.717) is 12.3 Å². The van der Waals surface area contributed by atoms with Crippen molar-refractivity contribution >= 4 is 11.8 Å². The number of ketones is 1. The summed E-state index contributed by atoms with van der Waals surface area (Å²) in [7, 11) is 0. The third-order valence-electron chi connectivity index (χ3n) is 13.0. The molecule has 0 amide bonds. The van der Waals surface area contributed by atoms with E-state index in [9.17, 15) is 19.8 Å². The van der Waals surface area contributed by atoms with Crippen LogP contribution in [-0.4, -0.2) is 28.6 Å². The fraction of sp³-hybridized carbons (Fsp3) is 0.867. The second-order valence-electron chi connectivity index (χ2n) is 14.7. The normalized spacial score (nSPS) is 51.9. The second-order valence-corrected chi connectivity index (χ2v) is 14.7. The van der Waals surface area contributed by atoms with Crippen molar-refractivity contribution in [3.05, 3.63) is 11.6 Å². The monoisotopic (exact) mass is 470 g/mol. The minimum absolute atomic E-state index is 0.00198. The van der Waals surface area contributed by atoms with Crippen LogP contribution in [0.2, 0.25) is 0 Å². The summed E-state index contributed by atoms with van der Waals surface area (Å²) in [6.07, 6.45) is 11.5. The van der Waals surface area contributed by atoms with Crippen LogP contribution >= 0.6 is 0 Å². The van der Waals surface area contributed by atoms with E-state index in [-0.39, 0.29) is 45.9 Å². The van der Waals surface area contributed by atoms with Crippen molar-refractivity contribution in [3.63, 3.8) is 0 Å². The van der Waals surface area contributed by atoms with Gasteiger partial charge in [0.2, 0.25) is 0 Å². The number of aliphatic hydroxyl groups is 1.